The van der Waals surface area contributed by atoms with Crippen LogP contribution in [0, 0.1) is 5.92 Å². The van der Waals surface area contributed by atoms with E-state index in [4.69, 9.17) is 30.5 Å². The minimum atomic E-state index is -0.717. The molecule has 1 N–H and O–H groups in total. The molecule has 2 heterocycles. The molecular formula is C29H31ClO5. The lowest BCUT2D eigenvalue weighted by atomic mass is 9.84. The van der Waals surface area contributed by atoms with Crippen LogP contribution in [0.5, 0.6) is 5.75 Å². The van der Waals surface area contributed by atoms with Gasteiger partial charge in [-0.1, -0.05) is 73.1 Å². The lowest BCUT2D eigenvalue weighted by Gasteiger charge is -2.47. The largest absolute Gasteiger partial charge is 0.494 e. The van der Waals surface area contributed by atoms with E-state index in [-0.39, 0.29) is 18.1 Å². The van der Waals surface area contributed by atoms with Crippen LogP contribution in [0.4, 0.5) is 0 Å². The van der Waals surface area contributed by atoms with Crippen molar-refractivity contribution in [2.45, 2.75) is 51.0 Å². The first-order valence-electron chi connectivity index (χ1n) is 12.2. The molecule has 184 valence electrons. The Balaban J connectivity index is 1.32. The average molecular weight is 495 g/mol. The summed E-state index contributed by atoms with van der Waals surface area (Å²) in [6.07, 6.45) is -1.50. The number of hydrogen-bond donors (Lipinski definition) is 1. The summed E-state index contributed by atoms with van der Waals surface area (Å²) >= 11 is 6.55. The van der Waals surface area contributed by atoms with E-state index in [9.17, 15) is 5.11 Å². The summed E-state index contributed by atoms with van der Waals surface area (Å²) in [4.78, 5) is 0. The maximum absolute atomic E-state index is 11.2. The van der Waals surface area contributed by atoms with Crippen LogP contribution < -0.4 is 4.74 Å². The Labute approximate surface area is 211 Å². The summed E-state index contributed by atoms with van der Waals surface area (Å²) in [6.45, 7) is 5.03. The fourth-order valence-electron chi connectivity index (χ4n) is 4.92. The van der Waals surface area contributed by atoms with Gasteiger partial charge in [0, 0.05) is 16.5 Å². The molecule has 3 aromatic carbocycles. The monoisotopic (exact) mass is 494 g/mol. The van der Waals surface area contributed by atoms with Gasteiger partial charge in [0.1, 0.15) is 18.0 Å². The maximum Gasteiger partial charge on any atom is 0.184 e. The molecule has 2 aliphatic heterocycles. The molecular weight excluding hydrogens is 464 g/mol. The summed E-state index contributed by atoms with van der Waals surface area (Å²) in [7, 11) is 0. The van der Waals surface area contributed by atoms with E-state index in [0.717, 1.165) is 28.0 Å². The van der Waals surface area contributed by atoms with Crippen LogP contribution in [0.3, 0.4) is 0 Å². The van der Waals surface area contributed by atoms with E-state index < -0.39 is 18.5 Å². The van der Waals surface area contributed by atoms with Crippen LogP contribution in [0.2, 0.25) is 5.02 Å². The summed E-state index contributed by atoms with van der Waals surface area (Å²) in [5.74, 6) is 0.726. The molecule has 0 bridgehead atoms. The van der Waals surface area contributed by atoms with E-state index in [1.54, 1.807) is 0 Å². The van der Waals surface area contributed by atoms with Crippen LogP contribution >= 0.6 is 11.6 Å². The van der Waals surface area contributed by atoms with Crippen molar-refractivity contribution in [1.29, 1.82) is 0 Å². The van der Waals surface area contributed by atoms with Gasteiger partial charge in [-0.25, -0.2) is 0 Å². The molecule has 2 aliphatic rings. The summed E-state index contributed by atoms with van der Waals surface area (Å²) in [5, 5.41) is 11.9. The standard InChI is InChI=1S/C29H31ClO5/c1-3-32-23-12-9-19(10-13-23)15-22-16-21(11-14-24(22)30)28-26(31)18(2)27-25(34-28)17-33-29(35-27)20-7-5-4-6-8-20/h4-14,16,18,25-29,31H,3,15,17H2,1-2H3. The predicted molar refractivity (Wildman–Crippen MR) is 135 cm³/mol. The minimum absolute atomic E-state index is 0.126. The van der Waals surface area contributed by atoms with Crippen molar-refractivity contribution in [3.63, 3.8) is 0 Å². The molecule has 0 saturated carbocycles. The zero-order valence-corrected chi connectivity index (χ0v) is 20.7. The van der Waals surface area contributed by atoms with Gasteiger partial charge in [-0.3, -0.25) is 0 Å². The van der Waals surface area contributed by atoms with Crippen molar-refractivity contribution in [3.05, 3.63) is 100 Å². The van der Waals surface area contributed by atoms with Crippen molar-refractivity contribution in [1.82, 2.24) is 0 Å². The lowest BCUT2D eigenvalue weighted by molar-refractivity contribution is -0.318. The molecule has 6 unspecified atom stereocenters. The zero-order chi connectivity index (χ0) is 24.4. The summed E-state index contributed by atoms with van der Waals surface area (Å²) < 4.78 is 24.2. The molecule has 0 amide bonds. The van der Waals surface area contributed by atoms with E-state index in [1.807, 2.05) is 86.6 Å². The van der Waals surface area contributed by atoms with E-state index in [0.29, 0.717) is 24.7 Å². The number of hydrogen-bond acceptors (Lipinski definition) is 5. The second-order valence-corrected chi connectivity index (χ2v) is 9.63. The molecule has 6 heteroatoms. The van der Waals surface area contributed by atoms with Crippen LogP contribution in [-0.2, 0) is 20.6 Å². The van der Waals surface area contributed by atoms with Gasteiger partial charge >= 0.3 is 0 Å². The smallest absolute Gasteiger partial charge is 0.184 e. The summed E-state index contributed by atoms with van der Waals surface area (Å²) in [5.41, 5.74) is 3.98. The van der Waals surface area contributed by atoms with Crippen LogP contribution in [-0.4, -0.2) is 36.6 Å². The number of aliphatic hydroxyl groups is 1. The number of ether oxygens (including phenoxy) is 4. The second kappa shape index (κ2) is 10.7. The highest BCUT2D eigenvalue weighted by atomic mass is 35.5. The Bertz CT molecular complexity index is 1120. The Morgan fingerprint density at radius 2 is 1.74 bits per heavy atom. The van der Waals surface area contributed by atoms with Gasteiger partial charge in [-0.05, 0) is 48.2 Å². The number of benzene rings is 3. The Morgan fingerprint density at radius 3 is 2.49 bits per heavy atom. The number of aliphatic hydroxyl groups excluding tert-OH is 1. The molecule has 0 radical (unpaired) electrons. The molecule has 2 saturated heterocycles. The molecule has 0 aromatic heterocycles. The number of fused-ring (bicyclic) bond motifs is 1. The quantitative estimate of drug-likeness (QED) is 0.463. The first-order valence-corrected chi connectivity index (χ1v) is 12.6. The minimum Gasteiger partial charge on any atom is -0.494 e. The lowest BCUT2D eigenvalue weighted by Crippen LogP contribution is -2.55. The van der Waals surface area contributed by atoms with Gasteiger partial charge in [-0.15, -0.1) is 0 Å². The fraction of sp³-hybridized carbons (Fsp3) is 0.379. The number of rotatable bonds is 6. The first kappa shape index (κ1) is 24.3. The van der Waals surface area contributed by atoms with Gasteiger partial charge in [0.05, 0.1) is 25.4 Å². The zero-order valence-electron chi connectivity index (χ0n) is 20.0. The predicted octanol–water partition coefficient (Wildman–Crippen LogP) is 5.88. The molecule has 35 heavy (non-hydrogen) atoms. The second-order valence-electron chi connectivity index (χ2n) is 9.23. The third-order valence-electron chi connectivity index (χ3n) is 6.85. The Kier molecular flexibility index (Phi) is 7.42. The third kappa shape index (κ3) is 5.25. The normalized spacial score (nSPS) is 28.3. The topological polar surface area (TPSA) is 57.2 Å². The van der Waals surface area contributed by atoms with Crippen molar-refractivity contribution in [2.24, 2.45) is 5.92 Å². The highest BCUT2D eigenvalue weighted by molar-refractivity contribution is 6.31. The Morgan fingerprint density at radius 1 is 0.971 bits per heavy atom. The third-order valence-corrected chi connectivity index (χ3v) is 7.22. The van der Waals surface area contributed by atoms with Gasteiger partial charge < -0.3 is 24.1 Å². The first-order chi connectivity index (χ1) is 17.0. The molecule has 5 rings (SSSR count). The molecule has 6 atom stereocenters. The number of halogens is 1. The van der Waals surface area contributed by atoms with Crippen molar-refractivity contribution in [2.75, 3.05) is 13.2 Å². The SMILES string of the molecule is CCOc1ccc(Cc2cc(C3OC4COC(c5ccccc5)OC4C(C)C3O)ccc2Cl)cc1. The van der Waals surface area contributed by atoms with Crippen molar-refractivity contribution < 1.29 is 24.1 Å². The molecule has 0 spiro atoms. The van der Waals surface area contributed by atoms with Crippen molar-refractivity contribution in [3.8, 4) is 5.75 Å². The van der Waals surface area contributed by atoms with Gasteiger partial charge in [0.2, 0.25) is 0 Å². The van der Waals surface area contributed by atoms with Crippen molar-refractivity contribution >= 4 is 11.6 Å². The van der Waals surface area contributed by atoms with Crippen LogP contribution in [0.15, 0.2) is 72.8 Å². The molecule has 2 fully saturated rings. The van der Waals surface area contributed by atoms with E-state index in [1.165, 1.54) is 0 Å². The highest BCUT2D eigenvalue weighted by Crippen LogP contribution is 2.42. The summed E-state index contributed by atoms with van der Waals surface area (Å²) in [6, 6.07) is 23.8. The van der Waals surface area contributed by atoms with Gasteiger partial charge in [-0.2, -0.15) is 0 Å². The Hall–Kier alpha value is -2.41. The van der Waals surface area contributed by atoms with Gasteiger partial charge in [0.25, 0.3) is 0 Å². The fourth-order valence-corrected chi connectivity index (χ4v) is 5.11. The average Bonchev–Trinajstić information content (AvgIpc) is 2.89. The molecule has 0 aliphatic carbocycles. The maximum atomic E-state index is 11.2. The molecule has 5 nitrogen and oxygen atoms in total. The van der Waals surface area contributed by atoms with E-state index in [2.05, 4.69) is 0 Å². The van der Waals surface area contributed by atoms with Crippen LogP contribution in [0.25, 0.3) is 0 Å². The van der Waals surface area contributed by atoms with Gasteiger partial charge in [0.15, 0.2) is 6.29 Å². The van der Waals surface area contributed by atoms with Crippen LogP contribution in [0.1, 0.15) is 48.5 Å². The van der Waals surface area contributed by atoms with E-state index >= 15 is 0 Å². The highest BCUT2D eigenvalue weighted by Gasteiger charge is 2.47. The molecule has 3 aromatic rings.